The summed E-state index contributed by atoms with van der Waals surface area (Å²) in [5.41, 5.74) is 0.818. The molecule has 24 heavy (non-hydrogen) atoms. The largest absolute Gasteiger partial charge is 0.421 e. The summed E-state index contributed by atoms with van der Waals surface area (Å²) in [6.07, 6.45) is 4.20. The molecular weight excluding hydrogens is 350 g/mol. The lowest BCUT2D eigenvalue weighted by atomic mass is 9.74. The fourth-order valence-electron chi connectivity index (χ4n) is 3.85. The van der Waals surface area contributed by atoms with E-state index in [1.807, 2.05) is 4.90 Å². The lowest BCUT2D eigenvalue weighted by Gasteiger charge is -2.53. The molecule has 4 aliphatic rings. The molecule has 0 aromatic carbocycles. The Morgan fingerprint density at radius 3 is 2.62 bits per heavy atom. The molecule has 7 nitrogen and oxygen atoms in total. The van der Waals surface area contributed by atoms with Crippen LogP contribution in [-0.4, -0.2) is 50.3 Å². The molecule has 2 bridgehead atoms. The fraction of sp³-hybridized carbons (Fsp3) is 0.733. The molecule has 0 aliphatic carbocycles. The Labute approximate surface area is 148 Å². The minimum Gasteiger partial charge on any atom is -0.399 e. The number of unbranched alkanes of at least 4 members (excludes halogenated alkanes) is 1. The Morgan fingerprint density at radius 2 is 1.96 bits per heavy atom. The first-order valence-electron chi connectivity index (χ1n) is 8.32. The molecule has 4 fully saturated rings. The van der Waals surface area contributed by atoms with Gasteiger partial charge in [0.25, 0.3) is 0 Å². The van der Waals surface area contributed by atoms with Gasteiger partial charge in [-0.05, 0) is 30.9 Å². The lowest BCUT2D eigenvalue weighted by molar-refractivity contribution is -0.300. The molecule has 5 rings (SSSR count). The summed E-state index contributed by atoms with van der Waals surface area (Å²) in [6.45, 7) is 3.68. The maximum atomic E-state index is 11.8. The van der Waals surface area contributed by atoms with Crippen molar-refractivity contribution in [2.75, 3.05) is 18.8 Å². The Morgan fingerprint density at radius 1 is 1.25 bits per heavy atom. The van der Waals surface area contributed by atoms with Crippen molar-refractivity contribution in [1.29, 1.82) is 0 Å². The number of fused-ring (bicyclic) bond motifs is 2. The van der Waals surface area contributed by atoms with Crippen LogP contribution in [0.5, 0.6) is 0 Å². The van der Waals surface area contributed by atoms with Crippen LogP contribution < -0.4 is 0 Å². The highest BCUT2D eigenvalue weighted by Crippen LogP contribution is 2.53. The first kappa shape index (κ1) is 16.3. The topological polar surface area (TPSA) is 81.6 Å². The van der Waals surface area contributed by atoms with E-state index in [1.54, 1.807) is 11.8 Å². The molecule has 4 aliphatic heterocycles. The van der Waals surface area contributed by atoms with E-state index in [1.165, 1.54) is 11.7 Å². The zero-order chi connectivity index (χ0) is 16.7. The van der Waals surface area contributed by atoms with Crippen LogP contribution in [0.25, 0.3) is 0 Å². The van der Waals surface area contributed by atoms with E-state index < -0.39 is 17.8 Å². The molecule has 1 spiro atoms. The molecule has 0 radical (unpaired) electrons. The second kappa shape index (κ2) is 6.27. The van der Waals surface area contributed by atoms with Crippen LogP contribution in [0.1, 0.15) is 44.2 Å². The maximum Gasteiger partial charge on any atom is 0.421 e. The number of thioether (sulfide) groups is 1. The molecule has 1 unspecified atom stereocenters. The molecule has 1 atom stereocenters. The second-order valence-electron chi connectivity index (χ2n) is 6.37. The van der Waals surface area contributed by atoms with Crippen LogP contribution in [0.15, 0.2) is 5.03 Å². The summed E-state index contributed by atoms with van der Waals surface area (Å²) < 4.78 is 19.9. The van der Waals surface area contributed by atoms with Gasteiger partial charge in [-0.15, -0.1) is 11.8 Å². The Balaban J connectivity index is 1.69. The highest BCUT2D eigenvalue weighted by atomic mass is 32.2. The summed E-state index contributed by atoms with van der Waals surface area (Å²) in [6, 6.07) is 0. The number of aromatic nitrogens is 2. The van der Waals surface area contributed by atoms with Crippen molar-refractivity contribution < 1.29 is 19.1 Å². The van der Waals surface area contributed by atoms with E-state index in [2.05, 4.69) is 15.7 Å². The number of carbonyl (C=O) groups excluding carboxylic acids is 2. The minimum atomic E-state index is -1.31. The van der Waals surface area contributed by atoms with Crippen LogP contribution in [0.4, 0.5) is 0 Å². The SMILES string of the molecule is CCCCSc1nsnc1C1C2CCN(CC2)C12OC(=O)C(=O)O2. The van der Waals surface area contributed by atoms with Crippen LogP contribution in [-0.2, 0) is 19.1 Å². The predicted molar refractivity (Wildman–Crippen MR) is 87.5 cm³/mol. The van der Waals surface area contributed by atoms with E-state index in [9.17, 15) is 9.59 Å². The standard InChI is InChI=1S/C15H19N3O4S2/c1-2-3-8-23-12-11(16-24-17-12)10-9-4-6-18(7-5-9)15(10)21-13(19)14(20)22-15/h9-10H,2-8H2,1H3. The number of rotatable bonds is 5. The Hall–Kier alpha value is -1.19. The number of piperidine rings is 3. The maximum absolute atomic E-state index is 11.8. The van der Waals surface area contributed by atoms with Crippen molar-refractivity contribution in [1.82, 2.24) is 13.6 Å². The third kappa shape index (κ3) is 2.44. The van der Waals surface area contributed by atoms with Gasteiger partial charge in [-0.25, -0.2) is 14.5 Å². The zero-order valence-corrected chi connectivity index (χ0v) is 15.0. The quantitative estimate of drug-likeness (QED) is 0.337. The predicted octanol–water partition coefficient (Wildman–Crippen LogP) is 1.99. The van der Waals surface area contributed by atoms with Gasteiger partial charge < -0.3 is 9.47 Å². The normalized spacial score (nSPS) is 30.6. The van der Waals surface area contributed by atoms with Crippen LogP contribution in [0.3, 0.4) is 0 Å². The third-order valence-corrected chi connectivity index (χ3v) is 6.73. The monoisotopic (exact) mass is 369 g/mol. The smallest absolute Gasteiger partial charge is 0.399 e. The number of esters is 2. The molecule has 5 heterocycles. The van der Waals surface area contributed by atoms with Crippen molar-refractivity contribution in [3.63, 3.8) is 0 Å². The highest BCUT2D eigenvalue weighted by Gasteiger charge is 2.65. The molecule has 1 aromatic rings. The molecule has 1 aromatic heterocycles. The van der Waals surface area contributed by atoms with Gasteiger partial charge in [-0.3, -0.25) is 0 Å². The Kier molecular flexibility index (Phi) is 4.26. The van der Waals surface area contributed by atoms with Crippen molar-refractivity contribution >= 4 is 35.4 Å². The summed E-state index contributed by atoms with van der Waals surface area (Å²) in [5.74, 6) is -2.12. The summed E-state index contributed by atoms with van der Waals surface area (Å²) in [5, 5.41) is 0.880. The van der Waals surface area contributed by atoms with E-state index >= 15 is 0 Å². The van der Waals surface area contributed by atoms with Gasteiger partial charge in [0.05, 0.1) is 11.7 Å². The molecule has 0 saturated carbocycles. The number of nitrogens with zero attached hydrogens (tertiary/aromatic N) is 3. The third-order valence-electron chi connectivity index (χ3n) is 5.00. The Bertz CT molecular complexity index is 641. The lowest BCUT2D eigenvalue weighted by Crippen LogP contribution is -2.64. The number of hydrogen-bond acceptors (Lipinski definition) is 9. The number of ether oxygens (including phenoxy) is 2. The summed E-state index contributed by atoms with van der Waals surface area (Å²) in [4.78, 5) is 25.5. The van der Waals surface area contributed by atoms with E-state index in [0.717, 1.165) is 55.2 Å². The molecule has 4 saturated heterocycles. The van der Waals surface area contributed by atoms with E-state index in [0.29, 0.717) is 0 Å². The number of carbonyl (C=O) groups is 2. The van der Waals surface area contributed by atoms with Gasteiger partial charge in [0, 0.05) is 13.1 Å². The zero-order valence-electron chi connectivity index (χ0n) is 13.4. The number of hydrogen-bond donors (Lipinski definition) is 0. The average molecular weight is 369 g/mol. The van der Waals surface area contributed by atoms with Gasteiger partial charge in [-0.2, -0.15) is 8.75 Å². The van der Waals surface area contributed by atoms with Crippen LogP contribution >= 0.6 is 23.5 Å². The molecule has 130 valence electrons. The van der Waals surface area contributed by atoms with Gasteiger partial charge in [0.1, 0.15) is 16.6 Å². The van der Waals surface area contributed by atoms with Crippen molar-refractivity contribution in [3.8, 4) is 0 Å². The van der Waals surface area contributed by atoms with Crippen molar-refractivity contribution in [2.45, 2.75) is 49.5 Å². The first-order valence-corrected chi connectivity index (χ1v) is 10.0. The van der Waals surface area contributed by atoms with E-state index in [-0.39, 0.29) is 11.8 Å². The molecule has 0 amide bonds. The van der Waals surface area contributed by atoms with Crippen molar-refractivity contribution in [2.24, 2.45) is 5.92 Å². The highest BCUT2D eigenvalue weighted by molar-refractivity contribution is 7.99. The summed E-state index contributed by atoms with van der Waals surface area (Å²) >= 11 is 2.85. The molecule has 9 heteroatoms. The molecular formula is C15H19N3O4S2. The molecule has 0 N–H and O–H groups in total. The second-order valence-corrected chi connectivity index (χ2v) is 7.98. The first-order chi connectivity index (χ1) is 11.7. The van der Waals surface area contributed by atoms with Crippen LogP contribution in [0, 0.1) is 5.92 Å². The minimum absolute atomic E-state index is 0.252. The van der Waals surface area contributed by atoms with Gasteiger partial charge in [0.2, 0.25) is 0 Å². The fourth-order valence-corrected chi connectivity index (χ4v) is 5.66. The summed E-state index contributed by atoms with van der Waals surface area (Å²) in [7, 11) is 0. The van der Waals surface area contributed by atoms with Crippen LogP contribution in [0.2, 0.25) is 0 Å². The van der Waals surface area contributed by atoms with E-state index in [4.69, 9.17) is 9.47 Å². The van der Waals surface area contributed by atoms with Gasteiger partial charge in [0.15, 0.2) is 0 Å². The average Bonchev–Trinajstić information content (AvgIpc) is 3.14. The van der Waals surface area contributed by atoms with Crippen molar-refractivity contribution in [3.05, 3.63) is 5.69 Å². The van der Waals surface area contributed by atoms with Gasteiger partial charge >= 0.3 is 17.8 Å². The van der Waals surface area contributed by atoms with Gasteiger partial charge in [-0.1, -0.05) is 13.3 Å².